The van der Waals surface area contributed by atoms with Crippen LogP contribution < -0.4 is 0 Å². The van der Waals surface area contributed by atoms with Crippen LogP contribution in [0.15, 0.2) is 53.3 Å². The Balaban J connectivity index is 2.28. The van der Waals surface area contributed by atoms with Crippen molar-refractivity contribution in [3.63, 3.8) is 0 Å². The molecule has 2 rings (SSSR count). The van der Waals surface area contributed by atoms with E-state index in [1.165, 1.54) is 12.8 Å². The molecule has 0 aliphatic heterocycles. The second-order valence-corrected chi connectivity index (χ2v) is 5.36. The fraction of sp³-hybridized carbons (Fsp3) is 0.389. The fourth-order valence-electron chi connectivity index (χ4n) is 2.75. The maximum atomic E-state index is 12.2. The molecule has 0 aromatic heterocycles. The van der Waals surface area contributed by atoms with Gasteiger partial charge in [-0.1, -0.05) is 56.2 Å². The van der Waals surface area contributed by atoms with E-state index >= 15 is 0 Å². The average Bonchev–Trinajstić information content (AvgIpc) is 2.69. The molecular weight excluding hydrogens is 248 g/mol. The van der Waals surface area contributed by atoms with Crippen molar-refractivity contribution in [3.8, 4) is 0 Å². The SMILES string of the molecule is CCCCC/C=C1\C(=O)C(O)=C(C)C1c1ccccc1. The van der Waals surface area contributed by atoms with Gasteiger partial charge in [-0.25, -0.2) is 0 Å². The largest absolute Gasteiger partial charge is 0.504 e. The van der Waals surface area contributed by atoms with Gasteiger partial charge >= 0.3 is 0 Å². The van der Waals surface area contributed by atoms with Crippen molar-refractivity contribution in [1.82, 2.24) is 0 Å². The van der Waals surface area contributed by atoms with Crippen molar-refractivity contribution in [3.05, 3.63) is 58.9 Å². The predicted molar refractivity (Wildman–Crippen MR) is 81.7 cm³/mol. The van der Waals surface area contributed by atoms with Crippen molar-refractivity contribution in [1.29, 1.82) is 0 Å². The zero-order chi connectivity index (χ0) is 14.5. The lowest BCUT2D eigenvalue weighted by molar-refractivity contribution is -0.114. The third-order valence-corrected chi connectivity index (χ3v) is 3.90. The number of carbonyl (C=O) groups is 1. The number of carbonyl (C=O) groups excluding carboxylic acids is 1. The summed E-state index contributed by atoms with van der Waals surface area (Å²) < 4.78 is 0. The highest BCUT2D eigenvalue weighted by Gasteiger charge is 2.35. The quantitative estimate of drug-likeness (QED) is 0.622. The van der Waals surface area contributed by atoms with E-state index in [1.54, 1.807) is 0 Å². The summed E-state index contributed by atoms with van der Waals surface area (Å²) in [6.07, 6.45) is 6.35. The number of rotatable bonds is 5. The number of benzene rings is 1. The van der Waals surface area contributed by atoms with Crippen LogP contribution >= 0.6 is 0 Å². The molecule has 0 spiro atoms. The van der Waals surface area contributed by atoms with Crippen LogP contribution in [0.3, 0.4) is 0 Å². The highest BCUT2D eigenvalue weighted by molar-refractivity contribution is 6.11. The molecule has 1 aromatic carbocycles. The normalized spacial score (nSPS) is 21.0. The summed E-state index contributed by atoms with van der Waals surface area (Å²) in [5.41, 5.74) is 2.58. The topological polar surface area (TPSA) is 37.3 Å². The van der Waals surface area contributed by atoms with Gasteiger partial charge < -0.3 is 5.11 Å². The number of ketones is 1. The van der Waals surface area contributed by atoms with Crippen molar-refractivity contribution in [2.24, 2.45) is 0 Å². The molecule has 0 saturated heterocycles. The Labute approximate surface area is 120 Å². The van der Waals surface area contributed by atoms with E-state index < -0.39 is 0 Å². The van der Waals surface area contributed by atoms with Crippen molar-refractivity contribution in [2.45, 2.75) is 45.4 Å². The van der Waals surface area contributed by atoms with Gasteiger partial charge in [0.25, 0.3) is 0 Å². The summed E-state index contributed by atoms with van der Waals surface area (Å²) >= 11 is 0. The molecule has 1 N–H and O–H groups in total. The van der Waals surface area contributed by atoms with Crippen LogP contribution in [-0.4, -0.2) is 10.9 Å². The van der Waals surface area contributed by atoms with Gasteiger partial charge in [0.05, 0.1) is 0 Å². The first-order valence-corrected chi connectivity index (χ1v) is 7.36. The first-order chi connectivity index (χ1) is 9.66. The lowest BCUT2D eigenvalue weighted by Crippen LogP contribution is -2.04. The molecule has 106 valence electrons. The first kappa shape index (κ1) is 14.6. The van der Waals surface area contributed by atoms with Crippen LogP contribution in [0, 0.1) is 0 Å². The maximum absolute atomic E-state index is 12.2. The summed E-state index contributed by atoms with van der Waals surface area (Å²) in [6, 6.07) is 9.93. The zero-order valence-corrected chi connectivity index (χ0v) is 12.2. The Kier molecular flexibility index (Phi) is 4.78. The number of aliphatic hydroxyl groups is 1. The Morgan fingerprint density at radius 3 is 2.55 bits per heavy atom. The minimum Gasteiger partial charge on any atom is -0.504 e. The summed E-state index contributed by atoms with van der Waals surface area (Å²) in [6.45, 7) is 4.01. The summed E-state index contributed by atoms with van der Waals surface area (Å²) in [5.74, 6) is -0.348. The number of unbranched alkanes of at least 4 members (excludes halogenated alkanes) is 3. The van der Waals surface area contributed by atoms with Gasteiger partial charge in [0.2, 0.25) is 5.78 Å². The number of hydrogen-bond acceptors (Lipinski definition) is 2. The number of Topliss-reactive ketones (excluding diaryl/α,β-unsaturated/α-hetero) is 1. The van der Waals surface area contributed by atoms with E-state index in [2.05, 4.69) is 6.92 Å². The molecule has 2 nitrogen and oxygen atoms in total. The van der Waals surface area contributed by atoms with E-state index in [1.807, 2.05) is 43.3 Å². The smallest absolute Gasteiger partial charge is 0.223 e. The van der Waals surface area contributed by atoms with Crippen LogP contribution in [-0.2, 0) is 4.79 Å². The molecule has 0 amide bonds. The van der Waals surface area contributed by atoms with Gasteiger partial charge in [-0.3, -0.25) is 4.79 Å². The van der Waals surface area contributed by atoms with E-state index in [0.29, 0.717) is 0 Å². The van der Waals surface area contributed by atoms with Crippen molar-refractivity contribution in [2.75, 3.05) is 0 Å². The van der Waals surface area contributed by atoms with Gasteiger partial charge in [-0.05, 0) is 30.9 Å². The standard InChI is InChI=1S/C18H22O2/c1-3-4-5-9-12-15-16(13(2)17(19)18(15)20)14-10-7-6-8-11-14/h6-8,10-12,16,19H,3-5,9H2,1-2H3/b15-12-. The number of hydrogen-bond donors (Lipinski definition) is 1. The minimum atomic E-state index is -0.201. The molecule has 0 fully saturated rings. The predicted octanol–water partition coefficient (Wildman–Crippen LogP) is 4.69. The van der Waals surface area contributed by atoms with Gasteiger partial charge in [0.15, 0.2) is 5.76 Å². The Hall–Kier alpha value is -1.83. The van der Waals surface area contributed by atoms with Gasteiger partial charge in [0, 0.05) is 11.5 Å². The molecule has 0 radical (unpaired) electrons. The average molecular weight is 270 g/mol. The molecule has 1 aliphatic carbocycles. The third kappa shape index (κ3) is 2.84. The van der Waals surface area contributed by atoms with E-state index in [0.717, 1.165) is 29.6 Å². The summed E-state index contributed by atoms with van der Waals surface area (Å²) in [5, 5.41) is 9.96. The Morgan fingerprint density at radius 2 is 1.90 bits per heavy atom. The Morgan fingerprint density at radius 1 is 1.20 bits per heavy atom. The van der Waals surface area contributed by atoms with E-state index in [9.17, 15) is 9.90 Å². The lowest BCUT2D eigenvalue weighted by Gasteiger charge is -2.13. The van der Waals surface area contributed by atoms with Crippen LogP contribution in [0.1, 0.15) is 51.0 Å². The molecule has 2 heteroatoms. The van der Waals surface area contributed by atoms with Crippen LogP contribution in [0.2, 0.25) is 0 Å². The number of allylic oxidation sites excluding steroid dienone is 3. The van der Waals surface area contributed by atoms with E-state index in [-0.39, 0.29) is 17.5 Å². The van der Waals surface area contributed by atoms with Crippen molar-refractivity contribution < 1.29 is 9.90 Å². The molecule has 1 aliphatic rings. The molecule has 0 saturated carbocycles. The molecule has 0 bridgehead atoms. The van der Waals surface area contributed by atoms with Crippen molar-refractivity contribution >= 4 is 5.78 Å². The molecule has 20 heavy (non-hydrogen) atoms. The molecule has 0 heterocycles. The van der Waals surface area contributed by atoms with Crippen LogP contribution in [0.5, 0.6) is 0 Å². The van der Waals surface area contributed by atoms with Gasteiger partial charge in [-0.2, -0.15) is 0 Å². The molecule has 1 atom stereocenters. The monoisotopic (exact) mass is 270 g/mol. The summed E-state index contributed by atoms with van der Waals surface area (Å²) in [7, 11) is 0. The van der Waals surface area contributed by atoms with Gasteiger partial charge in [-0.15, -0.1) is 0 Å². The summed E-state index contributed by atoms with van der Waals surface area (Å²) in [4.78, 5) is 12.2. The lowest BCUT2D eigenvalue weighted by atomic mass is 9.88. The maximum Gasteiger partial charge on any atom is 0.223 e. The number of aliphatic hydroxyl groups excluding tert-OH is 1. The molecule has 1 unspecified atom stereocenters. The minimum absolute atomic E-state index is 0.0689. The van der Waals surface area contributed by atoms with Crippen LogP contribution in [0.4, 0.5) is 0 Å². The molecular formula is C18H22O2. The second-order valence-electron chi connectivity index (χ2n) is 5.36. The third-order valence-electron chi connectivity index (χ3n) is 3.90. The first-order valence-electron chi connectivity index (χ1n) is 7.36. The van der Waals surface area contributed by atoms with Crippen LogP contribution in [0.25, 0.3) is 0 Å². The Bertz CT molecular complexity index is 538. The highest BCUT2D eigenvalue weighted by atomic mass is 16.3. The zero-order valence-electron chi connectivity index (χ0n) is 12.2. The fourth-order valence-corrected chi connectivity index (χ4v) is 2.75. The molecule has 1 aromatic rings. The van der Waals surface area contributed by atoms with E-state index in [4.69, 9.17) is 0 Å². The second kappa shape index (κ2) is 6.56. The van der Waals surface area contributed by atoms with Gasteiger partial charge in [0.1, 0.15) is 0 Å². The highest BCUT2D eigenvalue weighted by Crippen LogP contribution is 2.40.